The maximum Gasteiger partial charge on any atom is 0.340 e. The van der Waals surface area contributed by atoms with Crippen molar-refractivity contribution in [1.82, 2.24) is 0 Å². The van der Waals surface area contributed by atoms with E-state index < -0.39 is 30.2 Å². The number of aliphatic carboxylic acids is 1. The van der Waals surface area contributed by atoms with Crippen LogP contribution in [0.2, 0.25) is 0 Å². The van der Waals surface area contributed by atoms with Gasteiger partial charge in [0.05, 0.1) is 6.10 Å². The fourth-order valence-electron chi connectivity index (χ4n) is 2.78. The molecule has 1 aromatic heterocycles. The molecule has 1 aliphatic rings. The first kappa shape index (κ1) is 15.9. The fourth-order valence-corrected chi connectivity index (χ4v) is 4.05. The first-order valence-corrected chi connectivity index (χ1v) is 7.87. The molecule has 120 valence electrons. The Morgan fingerprint density at radius 2 is 1.91 bits per heavy atom. The average molecular weight is 332 g/mol. The molecule has 23 heavy (non-hydrogen) atoms. The number of rotatable bonds is 3. The van der Waals surface area contributed by atoms with Crippen LogP contribution in [-0.2, 0) is 10.4 Å². The van der Waals surface area contributed by atoms with Crippen LogP contribution in [0.25, 0.3) is 5.57 Å². The Hall–Kier alpha value is -1.99. The molecule has 0 aliphatic heterocycles. The molecule has 0 saturated heterocycles. The van der Waals surface area contributed by atoms with E-state index in [0.29, 0.717) is 10.5 Å². The highest BCUT2D eigenvalue weighted by Crippen LogP contribution is 2.46. The summed E-state index contributed by atoms with van der Waals surface area (Å²) in [5.41, 5.74) is -0.556. The maximum absolute atomic E-state index is 11.5. The predicted octanol–water partition coefficient (Wildman–Crippen LogP) is 1.88. The van der Waals surface area contributed by atoms with E-state index >= 15 is 0 Å². The standard InChI is InChI=1S/C17H16O5S/c1-9(10-5-3-2-4-6-10)13-7-11-15(23-13)14(19)12(18)8-17(11,22)16(20)21/h2-7,12,14,18-19,22H,1,8H2,(H,20,21)/t12-,14+,17-/m1/s1. The van der Waals surface area contributed by atoms with E-state index in [-0.39, 0.29) is 10.4 Å². The molecule has 0 amide bonds. The van der Waals surface area contributed by atoms with Gasteiger partial charge in [0, 0.05) is 21.7 Å². The number of aliphatic hydroxyl groups is 3. The maximum atomic E-state index is 11.5. The van der Waals surface area contributed by atoms with E-state index in [1.165, 1.54) is 0 Å². The monoisotopic (exact) mass is 332 g/mol. The highest BCUT2D eigenvalue weighted by atomic mass is 32.1. The molecule has 1 aromatic carbocycles. The van der Waals surface area contributed by atoms with Crippen molar-refractivity contribution >= 4 is 22.9 Å². The molecule has 1 aliphatic carbocycles. The third-order valence-electron chi connectivity index (χ3n) is 4.12. The van der Waals surface area contributed by atoms with Crippen molar-refractivity contribution in [3.05, 3.63) is 63.9 Å². The molecule has 0 saturated carbocycles. The average Bonchev–Trinajstić information content (AvgIpc) is 2.99. The van der Waals surface area contributed by atoms with Gasteiger partial charge in [0.15, 0.2) is 5.60 Å². The number of carboxylic acids is 1. The van der Waals surface area contributed by atoms with Crippen LogP contribution in [0.15, 0.2) is 43.0 Å². The second-order valence-electron chi connectivity index (χ2n) is 5.61. The Labute approximate surface area is 136 Å². The predicted molar refractivity (Wildman–Crippen MR) is 86.0 cm³/mol. The Balaban J connectivity index is 2.10. The molecule has 3 atom stereocenters. The van der Waals surface area contributed by atoms with E-state index in [1.807, 2.05) is 30.3 Å². The summed E-state index contributed by atoms with van der Waals surface area (Å²) in [6.07, 6.45) is -3.00. The van der Waals surface area contributed by atoms with Crippen molar-refractivity contribution in [1.29, 1.82) is 0 Å². The first-order valence-electron chi connectivity index (χ1n) is 7.05. The number of carbonyl (C=O) groups is 1. The molecule has 0 unspecified atom stereocenters. The van der Waals surface area contributed by atoms with Crippen LogP contribution in [0.1, 0.15) is 33.4 Å². The minimum atomic E-state index is -2.21. The van der Waals surface area contributed by atoms with Gasteiger partial charge in [-0.25, -0.2) is 4.79 Å². The third-order valence-corrected chi connectivity index (χ3v) is 5.38. The summed E-state index contributed by atoms with van der Waals surface area (Å²) in [6, 6.07) is 10.9. The van der Waals surface area contributed by atoms with Gasteiger partial charge in [-0.2, -0.15) is 0 Å². The molecule has 5 nitrogen and oxygen atoms in total. The van der Waals surface area contributed by atoms with Crippen molar-refractivity contribution in [3.63, 3.8) is 0 Å². The van der Waals surface area contributed by atoms with E-state index in [1.54, 1.807) is 6.07 Å². The van der Waals surface area contributed by atoms with E-state index in [4.69, 9.17) is 0 Å². The third kappa shape index (κ3) is 2.49. The van der Waals surface area contributed by atoms with Gasteiger partial charge in [0.1, 0.15) is 6.10 Å². The van der Waals surface area contributed by atoms with Gasteiger partial charge >= 0.3 is 5.97 Å². The SMILES string of the molecule is C=C(c1ccccc1)c1cc2c(s1)[C@@H](O)[C@H](O)C[C@]2(O)C(=O)O. The molecule has 3 rings (SSSR count). The van der Waals surface area contributed by atoms with Crippen LogP contribution >= 0.6 is 11.3 Å². The smallest absolute Gasteiger partial charge is 0.340 e. The number of hydrogen-bond donors (Lipinski definition) is 4. The second kappa shape index (κ2) is 5.58. The van der Waals surface area contributed by atoms with E-state index in [2.05, 4.69) is 6.58 Å². The summed E-state index contributed by atoms with van der Waals surface area (Å²) in [5.74, 6) is -1.45. The van der Waals surface area contributed by atoms with Crippen molar-refractivity contribution in [2.75, 3.05) is 0 Å². The summed E-state index contributed by atoms with van der Waals surface area (Å²) in [6.45, 7) is 4.01. The van der Waals surface area contributed by atoms with Gasteiger partial charge in [-0.1, -0.05) is 36.9 Å². The second-order valence-corrected chi connectivity index (χ2v) is 6.70. The quantitative estimate of drug-likeness (QED) is 0.688. The lowest BCUT2D eigenvalue weighted by Crippen LogP contribution is -2.44. The lowest BCUT2D eigenvalue weighted by Gasteiger charge is -2.34. The summed E-state index contributed by atoms with van der Waals surface area (Å²) in [5, 5.41) is 39.8. The van der Waals surface area contributed by atoms with Crippen LogP contribution in [0, 0.1) is 0 Å². The largest absolute Gasteiger partial charge is 0.479 e. The Morgan fingerprint density at radius 3 is 2.52 bits per heavy atom. The molecule has 2 aromatic rings. The summed E-state index contributed by atoms with van der Waals surface area (Å²) < 4.78 is 0. The van der Waals surface area contributed by atoms with Crippen molar-refractivity contribution < 1.29 is 25.2 Å². The first-order chi connectivity index (χ1) is 10.8. The highest BCUT2D eigenvalue weighted by molar-refractivity contribution is 7.13. The molecule has 0 fully saturated rings. The number of hydrogen-bond acceptors (Lipinski definition) is 5. The zero-order valence-corrected chi connectivity index (χ0v) is 13.0. The van der Waals surface area contributed by atoms with Crippen LogP contribution in [0.3, 0.4) is 0 Å². The minimum Gasteiger partial charge on any atom is -0.479 e. The number of benzene rings is 1. The zero-order chi connectivity index (χ0) is 16.8. The Kier molecular flexibility index (Phi) is 3.85. The number of fused-ring (bicyclic) bond motifs is 1. The van der Waals surface area contributed by atoms with E-state index in [9.17, 15) is 25.2 Å². The van der Waals surface area contributed by atoms with Gasteiger partial charge in [0.25, 0.3) is 0 Å². The van der Waals surface area contributed by atoms with Gasteiger partial charge < -0.3 is 20.4 Å². The molecular formula is C17H16O5S. The van der Waals surface area contributed by atoms with E-state index in [0.717, 1.165) is 16.9 Å². The fraction of sp³-hybridized carbons (Fsp3) is 0.235. The molecule has 0 radical (unpaired) electrons. The molecule has 0 spiro atoms. The summed E-state index contributed by atoms with van der Waals surface area (Å²) in [4.78, 5) is 12.4. The zero-order valence-electron chi connectivity index (χ0n) is 12.1. The Bertz CT molecular complexity index is 767. The highest BCUT2D eigenvalue weighted by Gasteiger charge is 2.49. The van der Waals surface area contributed by atoms with Crippen LogP contribution in [0.5, 0.6) is 0 Å². The number of aliphatic hydroxyl groups excluding tert-OH is 2. The molecule has 0 bridgehead atoms. The van der Waals surface area contributed by atoms with Crippen LogP contribution in [-0.4, -0.2) is 32.5 Å². The summed E-state index contributed by atoms with van der Waals surface area (Å²) >= 11 is 1.14. The van der Waals surface area contributed by atoms with Crippen molar-refractivity contribution in [3.8, 4) is 0 Å². The van der Waals surface area contributed by atoms with Crippen LogP contribution in [0.4, 0.5) is 0 Å². The van der Waals surface area contributed by atoms with Gasteiger partial charge in [-0.05, 0) is 17.2 Å². The molecular weight excluding hydrogens is 316 g/mol. The normalized spacial score (nSPS) is 26.6. The van der Waals surface area contributed by atoms with Gasteiger partial charge in [0.2, 0.25) is 0 Å². The topological polar surface area (TPSA) is 98.0 Å². The lowest BCUT2D eigenvalue weighted by molar-refractivity contribution is -0.168. The van der Waals surface area contributed by atoms with Crippen molar-refractivity contribution in [2.24, 2.45) is 0 Å². The van der Waals surface area contributed by atoms with Crippen LogP contribution < -0.4 is 0 Å². The van der Waals surface area contributed by atoms with Gasteiger partial charge in [-0.3, -0.25) is 0 Å². The Morgan fingerprint density at radius 1 is 1.26 bits per heavy atom. The van der Waals surface area contributed by atoms with Crippen molar-refractivity contribution in [2.45, 2.75) is 24.2 Å². The molecule has 1 heterocycles. The molecule has 6 heteroatoms. The summed E-state index contributed by atoms with van der Waals surface area (Å²) in [7, 11) is 0. The van der Waals surface area contributed by atoms with Gasteiger partial charge in [-0.15, -0.1) is 11.3 Å². The minimum absolute atomic E-state index is 0.125. The number of carboxylic acid groups (broad SMARTS) is 1. The molecule has 4 N–H and O–H groups in total. The number of thiophene rings is 1. The lowest BCUT2D eigenvalue weighted by atomic mass is 9.80.